The zero-order valence-corrected chi connectivity index (χ0v) is 11.2. The summed E-state index contributed by atoms with van der Waals surface area (Å²) in [6, 6.07) is 0. The Morgan fingerprint density at radius 1 is 1.08 bits per heavy atom. The number of likely N-dealkylation sites (tertiary alicyclic amines) is 1. The summed E-state index contributed by atoms with van der Waals surface area (Å²) in [6.45, 7) is 2.04. The molecule has 1 aliphatic heterocycles. The molecule has 0 N–H and O–H groups in total. The zero-order chi connectivity index (χ0) is 9.19. The van der Waals surface area contributed by atoms with Gasteiger partial charge in [-0.05, 0) is 0 Å². The number of amides is 1. The van der Waals surface area contributed by atoms with E-state index in [4.69, 9.17) is 0 Å². The molecule has 0 aliphatic carbocycles. The van der Waals surface area contributed by atoms with Crippen molar-refractivity contribution in [1.82, 2.24) is 4.90 Å². The van der Waals surface area contributed by atoms with Crippen LogP contribution in [0.3, 0.4) is 0 Å². The predicted octanol–water partition coefficient (Wildman–Crippen LogP) is 2.51. The van der Waals surface area contributed by atoms with Gasteiger partial charge in [0.25, 0.3) is 0 Å². The van der Waals surface area contributed by atoms with Crippen LogP contribution < -0.4 is 0 Å². The fourth-order valence-electron chi connectivity index (χ4n) is 1.57. The van der Waals surface area contributed by atoms with Crippen molar-refractivity contribution in [3.8, 4) is 0 Å². The van der Waals surface area contributed by atoms with Crippen LogP contribution in [-0.4, -0.2) is 40.3 Å². The van der Waals surface area contributed by atoms with E-state index in [0.29, 0.717) is 3.92 Å². The summed E-state index contributed by atoms with van der Waals surface area (Å²) in [5.74, 6) is 0. The van der Waals surface area contributed by atoms with Gasteiger partial charge in [0.1, 0.15) is 0 Å². The van der Waals surface area contributed by atoms with Gasteiger partial charge in [0.05, 0.1) is 0 Å². The van der Waals surface area contributed by atoms with E-state index in [2.05, 4.69) is 19.7 Å². The third-order valence-electron chi connectivity index (χ3n) is 2.28. The maximum atomic E-state index is 11.8. The van der Waals surface area contributed by atoms with Gasteiger partial charge < -0.3 is 0 Å². The number of nitrogens with zero attached hydrogens (tertiary/aromatic N) is 1. The van der Waals surface area contributed by atoms with E-state index in [0.717, 1.165) is 13.1 Å². The van der Waals surface area contributed by atoms with E-state index in [9.17, 15) is 4.79 Å². The van der Waals surface area contributed by atoms with Gasteiger partial charge in [-0.1, -0.05) is 0 Å². The Labute approximate surface area is 79.2 Å². The fourth-order valence-corrected chi connectivity index (χ4v) is 4.92. The summed E-state index contributed by atoms with van der Waals surface area (Å²) in [6.07, 6.45) is 3.74. The molecule has 70 valence electrons. The summed E-state index contributed by atoms with van der Waals surface area (Å²) < 4.78 is 0.518. The molecule has 0 unspecified atom stereocenters. The molecule has 0 aromatic heterocycles. The molecule has 0 aromatic rings. The van der Waals surface area contributed by atoms with E-state index in [1.54, 1.807) is 0 Å². The van der Waals surface area contributed by atoms with Crippen LogP contribution in [0.25, 0.3) is 0 Å². The molecule has 1 fully saturated rings. The average molecular weight is 276 g/mol. The van der Waals surface area contributed by atoms with Crippen molar-refractivity contribution in [1.29, 1.82) is 0 Å². The molecule has 1 saturated heterocycles. The average Bonchev–Trinajstić information content (AvgIpc) is 2.03. The predicted molar refractivity (Wildman–Crippen MR) is 54.2 cm³/mol. The second-order valence-corrected chi connectivity index (χ2v) is 18.7. The molecule has 0 atom stereocenters. The molecule has 0 saturated carbocycles. The van der Waals surface area contributed by atoms with Crippen molar-refractivity contribution in [3.63, 3.8) is 0 Å². The molecule has 0 spiro atoms. The summed E-state index contributed by atoms with van der Waals surface area (Å²) >= 11 is -2.26. The summed E-state index contributed by atoms with van der Waals surface area (Å²) in [5.41, 5.74) is 0. The zero-order valence-electron chi connectivity index (χ0n) is 8.39. The van der Waals surface area contributed by atoms with Gasteiger partial charge in [0, 0.05) is 0 Å². The number of carbonyl (C=O) groups excluding carboxylic acids is 1. The first kappa shape index (κ1) is 10.4. The van der Waals surface area contributed by atoms with Crippen molar-refractivity contribution in [2.45, 2.75) is 34.1 Å². The third kappa shape index (κ3) is 2.64. The molecule has 1 amide bonds. The molecular weight excluding hydrogens is 257 g/mol. The first-order chi connectivity index (χ1) is 5.52. The van der Waals surface area contributed by atoms with E-state index in [1.807, 2.05) is 0 Å². The first-order valence-electron chi connectivity index (χ1n) is 4.81. The fraction of sp³-hybridized carbons (Fsp3) is 0.889. The summed E-state index contributed by atoms with van der Waals surface area (Å²) in [4.78, 5) is 20.5. The van der Waals surface area contributed by atoms with Crippen molar-refractivity contribution in [3.05, 3.63) is 0 Å². The first-order valence-corrected chi connectivity index (χ1v) is 14.8. The van der Waals surface area contributed by atoms with Crippen molar-refractivity contribution in [2.24, 2.45) is 0 Å². The van der Waals surface area contributed by atoms with Crippen LogP contribution in [-0.2, 0) is 0 Å². The maximum absolute atomic E-state index is 11.8. The second kappa shape index (κ2) is 3.98. The summed E-state index contributed by atoms with van der Waals surface area (Å²) in [5, 5.41) is 0. The van der Waals surface area contributed by atoms with Gasteiger partial charge in [0.2, 0.25) is 0 Å². The molecule has 0 bridgehead atoms. The van der Waals surface area contributed by atoms with Crippen LogP contribution in [0.15, 0.2) is 0 Å². The molecule has 2 nitrogen and oxygen atoms in total. The second-order valence-electron chi connectivity index (χ2n) is 4.60. The van der Waals surface area contributed by atoms with Gasteiger partial charge >= 0.3 is 79.2 Å². The molecule has 1 heterocycles. The van der Waals surface area contributed by atoms with Gasteiger partial charge in [0.15, 0.2) is 0 Å². The van der Waals surface area contributed by atoms with Crippen LogP contribution in [0.5, 0.6) is 0 Å². The number of rotatable bonds is 1. The van der Waals surface area contributed by atoms with Gasteiger partial charge in [-0.3, -0.25) is 0 Å². The van der Waals surface area contributed by atoms with Crippen LogP contribution in [0.1, 0.15) is 19.3 Å². The number of hydrogen-bond donors (Lipinski definition) is 0. The monoisotopic (exact) mass is 277 g/mol. The van der Waals surface area contributed by atoms with Crippen LogP contribution >= 0.6 is 0 Å². The van der Waals surface area contributed by atoms with E-state index in [1.165, 1.54) is 19.3 Å². The quantitative estimate of drug-likeness (QED) is 0.674. The third-order valence-corrected chi connectivity index (χ3v) is 6.85. The van der Waals surface area contributed by atoms with Crippen LogP contribution in [0, 0.1) is 0 Å². The molecular formula is C9H19NOSn. The molecule has 3 heteroatoms. The molecule has 1 aliphatic rings. The standard InChI is InChI=1S/C6H10NO.3CH3.Sn/c8-6-7-4-2-1-3-5-7;;;;/h1-5H2;3*1H3;. The molecule has 1 rings (SSSR count). The SMILES string of the molecule is [CH3][Sn]([CH3])([CH3])[C](=O)N1CCCCC1. The molecule has 12 heavy (non-hydrogen) atoms. The normalized spacial score (nSPS) is 19.4. The van der Waals surface area contributed by atoms with E-state index < -0.39 is 18.4 Å². The van der Waals surface area contributed by atoms with Crippen molar-refractivity contribution >= 4 is 22.3 Å². The molecule has 0 aromatic carbocycles. The Morgan fingerprint density at radius 3 is 2.00 bits per heavy atom. The van der Waals surface area contributed by atoms with Crippen LogP contribution in [0.4, 0.5) is 4.79 Å². The van der Waals surface area contributed by atoms with Crippen molar-refractivity contribution in [2.75, 3.05) is 13.1 Å². The van der Waals surface area contributed by atoms with E-state index in [-0.39, 0.29) is 0 Å². The minimum atomic E-state index is -2.26. The van der Waals surface area contributed by atoms with Gasteiger partial charge in [-0.25, -0.2) is 0 Å². The Hall–Kier alpha value is 0.269. The number of carbonyl (C=O) groups is 1. The Bertz CT molecular complexity index is 168. The Morgan fingerprint density at radius 2 is 1.58 bits per heavy atom. The molecule has 0 radical (unpaired) electrons. The van der Waals surface area contributed by atoms with Gasteiger partial charge in [-0.15, -0.1) is 0 Å². The van der Waals surface area contributed by atoms with Gasteiger partial charge in [-0.2, -0.15) is 0 Å². The Kier molecular flexibility index (Phi) is 3.44. The number of hydrogen-bond acceptors (Lipinski definition) is 1. The minimum absolute atomic E-state index is 0.518. The van der Waals surface area contributed by atoms with E-state index >= 15 is 0 Å². The van der Waals surface area contributed by atoms with Crippen LogP contribution in [0.2, 0.25) is 14.8 Å². The Balaban J connectivity index is 2.51. The van der Waals surface area contributed by atoms with Crippen molar-refractivity contribution < 1.29 is 4.79 Å². The topological polar surface area (TPSA) is 20.3 Å². The number of piperidine rings is 1. The summed E-state index contributed by atoms with van der Waals surface area (Å²) in [7, 11) is 0.